The second-order valence-corrected chi connectivity index (χ2v) is 5.79. The van der Waals surface area contributed by atoms with Crippen molar-refractivity contribution in [2.24, 2.45) is 5.92 Å². The predicted molar refractivity (Wildman–Crippen MR) is 90.0 cm³/mol. The maximum absolute atomic E-state index is 12.9. The Morgan fingerprint density at radius 3 is 2.44 bits per heavy atom. The third-order valence-corrected chi connectivity index (χ3v) is 3.99. The van der Waals surface area contributed by atoms with Crippen molar-refractivity contribution in [3.63, 3.8) is 0 Å². The fourth-order valence-electron chi connectivity index (χ4n) is 2.62. The summed E-state index contributed by atoms with van der Waals surface area (Å²) < 4.78 is 23.1. The molecule has 1 amide bonds. The van der Waals surface area contributed by atoms with Gasteiger partial charge in [-0.25, -0.2) is 9.18 Å². The first-order valence-electron chi connectivity index (χ1n) is 8.08. The summed E-state index contributed by atoms with van der Waals surface area (Å²) in [5.74, 6) is -0.315. The Balaban J connectivity index is 1.53. The number of carbonyl (C=O) groups excluding carboxylic acids is 2. The minimum atomic E-state index is -0.535. The molecule has 6 heteroatoms. The number of halogens is 1. The summed E-state index contributed by atoms with van der Waals surface area (Å²) in [5, 5.41) is 2.56. The summed E-state index contributed by atoms with van der Waals surface area (Å²) in [7, 11) is 0. The van der Waals surface area contributed by atoms with E-state index in [0.717, 1.165) is 5.56 Å². The fraction of sp³-hybridized carbons (Fsp3) is 0.263. The zero-order valence-electron chi connectivity index (χ0n) is 13.7. The van der Waals surface area contributed by atoms with Crippen LogP contribution >= 0.6 is 0 Å². The van der Waals surface area contributed by atoms with Crippen LogP contribution in [0.3, 0.4) is 0 Å². The van der Waals surface area contributed by atoms with Crippen molar-refractivity contribution in [2.45, 2.75) is 19.3 Å². The molecule has 25 heavy (non-hydrogen) atoms. The number of hydrogen-bond acceptors (Lipinski definition) is 4. The normalized spacial score (nSPS) is 18.3. The molecule has 0 radical (unpaired) electrons. The van der Waals surface area contributed by atoms with E-state index in [-0.39, 0.29) is 30.2 Å². The van der Waals surface area contributed by atoms with Crippen molar-refractivity contribution in [1.29, 1.82) is 0 Å². The Kier molecular flexibility index (Phi) is 4.97. The molecule has 0 bridgehead atoms. The number of esters is 1. The molecule has 2 aromatic carbocycles. The molecule has 5 nitrogen and oxygen atoms in total. The second kappa shape index (κ2) is 7.34. The molecule has 2 unspecified atom stereocenters. The Morgan fingerprint density at radius 2 is 1.80 bits per heavy atom. The maximum atomic E-state index is 12.9. The standard InChI is InChI=1S/C19H18FNO4/c1-2-24-19(23)21-14-7-9-15(10-8-14)25-18(22)17-11-16(17)12-3-5-13(20)6-4-12/h3-10,16-17H,2,11H2,1H3,(H,21,23). The molecule has 0 saturated heterocycles. The van der Waals surface area contributed by atoms with Crippen molar-refractivity contribution in [3.05, 3.63) is 59.9 Å². The molecular formula is C19H18FNO4. The third kappa shape index (κ3) is 4.35. The molecule has 1 aliphatic rings. The summed E-state index contributed by atoms with van der Waals surface area (Å²) in [5.41, 5.74) is 1.49. The Morgan fingerprint density at radius 1 is 1.12 bits per heavy atom. The van der Waals surface area contributed by atoms with Gasteiger partial charge in [0.2, 0.25) is 0 Å². The van der Waals surface area contributed by atoms with Crippen molar-refractivity contribution in [2.75, 3.05) is 11.9 Å². The smallest absolute Gasteiger partial charge is 0.411 e. The van der Waals surface area contributed by atoms with Gasteiger partial charge in [0.25, 0.3) is 0 Å². The first kappa shape index (κ1) is 17.0. The van der Waals surface area contributed by atoms with Gasteiger partial charge in [-0.15, -0.1) is 0 Å². The highest BCUT2D eigenvalue weighted by atomic mass is 19.1. The lowest BCUT2D eigenvalue weighted by molar-refractivity contribution is -0.135. The molecule has 2 aromatic rings. The van der Waals surface area contributed by atoms with Crippen LogP contribution in [0, 0.1) is 11.7 Å². The van der Waals surface area contributed by atoms with Crippen LogP contribution in [-0.2, 0) is 9.53 Å². The van der Waals surface area contributed by atoms with Crippen molar-refractivity contribution in [3.8, 4) is 5.75 Å². The average Bonchev–Trinajstić information content (AvgIpc) is 3.38. The minimum absolute atomic E-state index is 0.0813. The molecular weight excluding hydrogens is 325 g/mol. The summed E-state index contributed by atoms with van der Waals surface area (Å²) in [6.07, 6.45) is 0.167. The van der Waals surface area contributed by atoms with E-state index in [1.54, 1.807) is 43.3 Å². The van der Waals surface area contributed by atoms with Crippen LogP contribution in [0.5, 0.6) is 5.75 Å². The van der Waals surface area contributed by atoms with Gasteiger partial charge in [-0.3, -0.25) is 10.1 Å². The van der Waals surface area contributed by atoms with Gasteiger partial charge >= 0.3 is 12.1 Å². The van der Waals surface area contributed by atoms with Gasteiger partial charge in [0.15, 0.2) is 0 Å². The zero-order valence-corrected chi connectivity index (χ0v) is 13.7. The molecule has 1 N–H and O–H groups in total. The average molecular weight is 343 g/mol. The lowest BCUT2D eigenvalue weighted by atomic mass is 10.1. The fourth-order valence-corrected chi connectivity index (χ4v) is 2.62. The van der Waals surface area contributed by atoms with Gasteiger partial charge in [-0.1, -0.05) is 12.1 Å². The van der Waals surface area contributed by atoms with Crippen molar-refractivity contribution in [1.82, 2.24) is 0 Å². The van der Waals surface area contributed by atoms with Crippen molar-refractivity contribution >= 4 is 17.7 Å². The largest absolute Gasteiger partial charge is 0.450 e. The third-order valence-electron chi connectivity index (χ3n) is 3.99. The number of rotatable bonds is 5. The SMILES string of the molecule is CCOC(=O)Nc1ccc(OC(=O)C2CC2c2ccc(F)cc2)cc1. The highest BCUT2D eigenvalue weighted by Crippen LogP contribution is 2.48. The van der Waals surface area contributed by atoms with Gasteiger partial charge in [-0.05, 0) is 61.2 Å². The number of amides is 1. The molecule has 1 fully saturated rings. The Bertz CT molecular complexity index is 758. The first-order chi connectivity index (χ1) is 12.1. The van der Waals surface area contributed by atoms with E-state index in [1.807, 2.05) is 0 Å². The summed E-state index contributed by atoms with van der Waals surface area (Å²) in [4.78, 5) is 23.5. The predicted octanol–water partition coefficient (Wildman–Crippen LogP) is 4.10. The van der Waals surface area contributed by atoms with Gasteiger partial charge in [0.05, 0.1) is 12.5 Å². The molecule has 1 saturated carbocycles. The number of nitrogens with one attached hydrogen (secondary N) is 1. The van der Waals surface area contributed by atoms with E-state index in [1.165, 1.54) is 12.1 Å². The molecule has 0 aromatic heterocycles. The van der Waals surface area contributed by atoms with E-state index in [4.69, 9.17) is 9.47 Å². The number of hydrogen-bond donors (Lipinski definition) is 1. The number of carbonyl (C=O) groups is 2. The number of ether oxygens (including phenoxy) is 2. The highest BCUT2D eigenvalue weighted by molar-refractivity contribution is 5.85. The number of anilines is 1. The zero-order chi connectivity index (χ0) is 17.8. The van der Waals surface area contributed by atoms with Crippen LogP contribution in [0.1, 0.15) is 24.8 Å². The monoisotopic (exact) mass is 343 g/mol. The van der Waals surface area contributed by atoms with Gasteiger partial charge in [-0.2, -0.15) is 0 Å². The maximum Gasteiger partial charge on any atom is 0.411 e. The highest BCUT2D eigenvalue weighted by Gasteiger charge is 2.45. The van der Waals surface area contributed by atoms with Crippen LogP contribution in [0.15, 0.2) is 48.5 Å². The van der Waals surface area contributed by atoms with E-state index in [9.17, 15) is 14.0 Å². The molecule has 0 heterocycles. The second-order valence-electron chi connectivity index (χ2n) is 5.79. The Labute approximate surface area is 144 Å². The summed E-state index contributed by atoms with van der Waals surface area (Å²) in [6.45, 7) is 2.01. The van der Waals surface area contributed by atoms with Crippen LogP contribution in [0.4, 0.5) is 14.9 Å². The van der Waals surface area contributed by atoms with Crippen LogP contribution in [0.25, 0.3) is 0 Å². The van der Waals surface area contributed by atoms with E-state index in [0.29, 0.717) is 17.9 Å². The van der Waals surface area contributed by atoms with Crippen LogP contribution in [-0.4, -0.2) is 18.7 Å². The topological polar surface area (TPSA) is 64.6 Å². The molecule has 0 aliphatic heterocycles. The van der Waals surface area contributed by atoms with E-state index in [2.05, 4.69) is 5.32 Å². The lowest BCUT2D eigenvalue weighted by Crippen LogP contribution is -2.13. The first-order valence-corrected chi connectivity index (χ1v) is 8.08. The van der Waals surface area contributed by atoms with Gasteiger partial charge in [0.1, 0.15) is 11.6 Å². The van der Waals surface area contributed by atoms with E-state index >= 15 is 0 Å². The summed E-state index contributed by atoms with van der Waals surface area (Å²) >= 11 is 0. The number of benzene rings is 2. The molecule has 1 aliphatic carbocycles. The minimum Gasteiger partial charge on any atom is -0.450 e. The molecule has 2 atom stereocenters. The quantitative estimate of drug-likeness (QED) is 0.656. The lowest BCUT2D eigenvalue weighted by Gasteiger charge is -2.07. The Hall–Kier alpha value is -2.89. The van der Waals surface area contributed by atoms with E-state index < -0.39 is 6.09 Å². The summed E-state index contributed by atoms with van der Waals surface area (Å²) in [6, 6.07) is 12.7. The molecule has 130 valence electrons. The molecule has 3 rings (SSSR count). The van der Waals surface area contributed by atoms with Crippen LogP contribution in [0.2, 0.25) is 0 Å². The van der Waals surface area contributed by atoms with Gasteiger partial charge in [0, 0.05) is 5.69 Å². The van der Waals surface area contributed by atoms with Gasteiger partial charge < -0.3 is 9.47 Å². The van der Waals surface area contributed by atoms with Crippen LogP contribution < -0.4 is 10.1 Å². The van der Waals surface area contributed by atoms with Crippen molar-refractivity contribution < 1.29 is 23.5 Å². The molecule has 0 spiro atoms.